The predicted molar refractivity (Wildman–Crippen MR) is 124 cm³/mol. The van der Waals surface area contributed by atoms with Crippen LogP contribution in [0.15, 0.2) is 64.6 Å². The number of allylic oxidation sites excluding steroid dienone is 1. The normalized spacial score (nSPS) is 16.4. The Labute approximate surface area is 189 Å². The van der Waals surface area contributed by atoms with E-state index in [0.717, 1.165) is 11.1 Å². The van der Waals surface area contributed by atoms with Crippen LogP contribution in [0.4, 0.5) is 0 Å². The molecular formula is C23H29N3O5S. The smallest absolute Gasteiger partial charge is 0.246 e. The Hall–Kier alpha value is -2.88. The maximum atomic E-state index is 13.6. The number of hydrogen-bond acceptors (Lipinski definition) is 7. The minimum absolute atomic E-state index is 0.0264. The van der Waals surface area contributed by atoms with Crippen LogP contribution in [0.1, 0.15) is 25.0 Å². The Kier molecular flexibility index (Phi) is 7.55. The third-order valence-electron chi connectivity index (χ3n) is 5.15. The van der Waals surface area contributed by atoms with E-state index in [-0.39, 0.29) is 24.0 Å². The average molecular weight is 460 g/mol. The highest BCUT2D eigenvalue weighted by Crippen LogP contribution is 2.24. The lowest BCUT2D eigenvalue weighted by Gasteiger charge is -2.32. The number of aliphatic hydroxyl groups excluding tert-OH is 1. The van der Waals surface area contributed by atoms with Crippen LogP contribution in [0.25, 0.3) is 0 Å². The van der Waals surface area contributed by atoms with Crippen molar-refractivity contribution in [3.8, 4) is 11.5 Å². The number of ether oxygens (including phenoxy) is 2. The van der Waals surface area contributed by atoms with Crippen molar-refractivity contribution in [2.24, 2.45) is 4.99 Å². The van der Waals surface area contributed by atoms with E-state index in [2.05, 4.69) is 4.99 Å². The van der Waals surface area contributed by atoms with Crippen molar-refractivity contribution in [1.29, 1.82) is 0 Å². The van der Waals surface area contributed by atoms with Gasteiger partial charge in [-0.15, -0.1) is 0 Å². The maximum absolute atomic E-state index is 13.6. The van der Waals surface area contributed by atoms with Gasteiger partial charge in [0.15, 0.2) is 0 Å². The summed E-state index contributed by atoms with van der Waals surface area (Å²) in [6, 6.07) is 14.4. The molecule has 1 aliphatic heterocycles. The molecule has 1 N–H and O–H groups in total. The zero-order chi connectivity index (χ0) is 23.3. The number of aliphatic imine (C=N–C) groups is 1. The summed E-state index contributed by atoms with van der Waals surface area (Å²) in [5.41, 5.74) is 1.63. The molecule has 8 nitrogen and oxygen atoms in total. The Bertz CT molecular complexity index is 1010. The van der Waals surface area contributed by atoms with Crippen molar-refractivity contribution < 1.29 is 23.0 Å². The van der Waals surface area contributed by atoms with Crippen LogP contribution in [0.5, 0.6) is 11.5 Å². The lowest BCUT2D eigenvalue weighted by atomic mass is 10.2. The largest absolute Gasteiger partial charge is 0.497 e. The van der Waals surface area contributed by atoms with E-state index in [1.807, 2.05) is 38.1 Å². The molecule has 1 atom stereocenters. The van der Waals surface area contributed by atoms with Crippen molar-refractivity contribution in [2.75, 3.05) is 14.2 Å². The van der Waals surface area contributed by atoms with Gasteiger partial charge in [0.25, 0.3) is 0 Å². The van der Waals surface area contributed by atoms with Crippen LogP contribution in [0.3, 0.4) is 0 Å². The van der Waals surface area contributed by atoms with Gasteiger partial charge in [-0.2, -0.15) is 4.31 Å². The lowest BCUT2D eigenvalue weighted by Crippen LogP contribution is -2.40. The summed E-state index contributed by atoms with van der Waals surface area (Å²) in [6.45, 7) is 4.04. The third-order valence-corrected chi connectivity index (χ3v) is 6.89. The van der Waals surface area contributed by atoms with E-state index in [0.29, 0.717) is 11.5 Å². The molecule has 0 saturated heterocycles. The number of hydrogen-bond donors (Lipinski definition) is 1. The molecule has 9 heteroatoms. The monoisotopic (exact) mass is 459 g/mol. The minimum atomic E-state index is -3.91. The molecule has 1 heterocycles. The van der Waals surface area contributed by atoms with E-state index in [1.165, 1.54) is 21.6 Å². The maximum Gasteiger partial charge on any atom is 0.246 e. The summed E-state index contributed by atoms with van der Waals surface area (Å²) in [4.78, 5) is 5.50. The standard InChI is InChI=1S/C23H29N3O5S/c1-17(2)26-16-22(13-24-23(26)27)32(28,29)25(14-18-5-9-20(30-3)10-6-18)15-19-7-11-21(31-4)12-8-19/h5-13,16-17,23,27H,14-15H2,1-4H3. The Morgan fingerprint density at radius 1 is 0.969 bits per heavy atom. The number of benzene rings is 2. The zero-order valence-corrected chi connectivity index (χ0v) is 19.5. The Balaban J connectivity index is 1.95. The predicted octanol–water partition coefficient (Wildman–Crippen LogP) is 2.95. The number of aliphatic hydroxyl groups is 1. The second-order valence-corrected chi connectivity index (χ2v) is 9.60. The summed E-state index contributed by atoms with van der Waals surface area (Å²) in [5, 5.41) is 10.1. The van der Waals surface area contributed by atoms with Gasteiger partial charge in [0.05, 0.1) is 14.2 Å². The molecule has 0 amide bonds. The van der Waals surface area contributed by atoms with E-state index >= 15 is 0 Å². The molecule has 32 heavy (non-hydrogen) atoms. The Morgan fingerprint density at radius 3 is 1.84 bits per heavy atom. The molecule has 0 radical (unpaired) electrons. The molecule has 3 rings (SSSR count). The molecule has 2 aromatic carbocycles. The second-order valence-electron chi connectivity index (χ2n) is 7.67. The van der Waals surface area contributed by atoms with Crippen LogP contribution in [-0.2, 0) is 23.1 Å². The zero-order valence-electron chi connectivity index (χ0n) is 18.7. The molecule has 0 saturated carbocycles. The number of nitrogens with zero attached hydrogens (tertiary/aromatic N) is 3. The topological polar surface area (TPSA) is 91.7 Å². The number of sulfonamides is 1. The van der Waals surface area contributed by atoms with Gasteiger partial charge >= 0.3 is 0 Å². The Morgan fingerprint density at radius 2 is 1.44 bits per heavy atom. The minimum Gasteiger partial charge on any atom is -0.497 e. The first kappa shape index (κ1) is 23.8. The SMILES string of the molecule is COc1ccc(CN(Cc2ccc(OC)cc2)S(=O)(=O)C2=CN(C(C)C)C(O)N=C2)cc1. The molecule has 172 valence electrons. The van der Waals surface area contributed by atoms with E-state index in [4.69, 9.17) is 9.47 Å². The van der Waals surface area contributed by atoms with Crippen LogP contribution >= 0.6 is 0 Å². The van der Waals surface area contributed by atoms with Gasteiger partial charge in [0.1, 0.15) is 16.4 Å². The highest BCUT2D eigenvalue weighted by molar-refractivity contribution is 7.93. The quantitative estimate of drug-likeness (QED) is 0.620. The first-order valence-corrected chi connectivity index (χ1v) is 11.6. The fraction of sp³-hybridized carbons (Fsp3) is 0.348. The van der Waals surface area contributed by atoms with Gasteiger partial charge in [0, 0.05) is 31.5 Å². The molecule has 0 spiro atoms. The second kappa shape index (κ2) is 10.2. The fourth-order valence-corrected chi connectivity index (χ4v) is 4.64. The average Bonchev–Trinajstić information content (AvgIpc) is 2.79. The highest BCUT2D eigenvalue weighted by atomic mass is 32.2. The summed E-state index contributed by atoms with van der Waals surface area (Å²) < 4.78 is 39.0. The molecule has 0 bridgehead atoms. The molecular weight excluding hydrogens is 430 g/mol. The van der Waals surface area contributed by atoms with Gasteiger partial charge in [-0.1, -0.05) is 24.3 Å². The van der Waals surface area contributed by atoms with Gasteiger partial charge in [-0.3, -0.25) is 0 Å². The first-order valence-electron chi connectivity index (χ1n) is 10.2. The van der Waals surface area contributed by atoms with Gasteiger partial charge < -0.3 is 19.5 Å². The van der Waals surface area contributed by atoms with E-state index < -0.39 is 16.4 Å². The van der Waals surface area contributed by atoms with Crippen LogP contribution < -0.4 is 9.47 Å². The van der Waals surface area contributed by atoms with Gasteiger partial charge in [-0.05, 0) is 49.2 Å². The number of methoxy groups -OCH3 is 2. The van der Waals surface area contributed by atoms with Gasteiger partial charge in [0.2, 0.25) is 16.4 Å². The summed E-state index contributed by atoms with van der Waals surface area (Å²) >= 11 is 0. The first-order chi connectivity index (χ1) is 15.2. The summed E-state index contributed by atoms with van der Waals surface area (Å²) in [5.74, 6) is 1.39. The van der Waals surface area contributed by atoms with Crippen molar-refractivity contribution in [3.63, 3.8) is 0 Å². The van der Waals surface area contributed by atoms with Crippen LogP contribution in [-0.4, -0.2) is 55.6 Å². The van der Waals surface area contributed by atoms with Crippen molar-refractivity contribution in [2.45, 2.75) is 39.3 Å². The van der Waals surface area contributed by atoms with Crippen LogP contribution in [0.2, 0.25) is 0 Å². The fourth-order valence-electron chi connectivity index (χ4n) is 3.26. The van der Waals surface area contributed by atoms with Crippen LogP contribution in [0, 0.1) is 0 Å². The van der Waals surface area contributed by atoms with Crippen molar-refractivity contribution in [1.82, 2.24) is 9.21 Å². The third kappa shape index (κ3) is 5.48. The number of rotatable bonds is 9. The van der Waals surface area contributed by atoms with E-state index in [9.17, 15) is 13.5 Å². The molecule has 0 fully saturated rings. The summed E-state index contributed by atoms with van der Waals surface area (Å²) in [6.07, 6.45) is 1.56. The lowest BCUT2D eigenvalue weighted by molar-refractivity contribution is 0.0254. The van der Waals surface area contributed by atoms with Crippen molar-refractivity contribution >= 4 is 16.2 Å². The molecule has 1 aliphatic rings. The molecule has 0 aliphatic carbocycles. The van der Waals surface area contributed by atoms with Gasteiger partial charge in [-0.25, -0.2) is 13.4 Å². The molecule has 0 aromatic heterocycles. The van der Waals surface area contributed by atoms with E-state index in [1.54, 1.807) is 38.5 Å². The highest BCUT2D eigenvalue weighted by Gasteiger charge is 2.30. The van der Waals surface area contributed by atoms with Crippen molar-refractivity contribution in [3.05, 3.63) is 70.8 Å². The molecule has 2 aromatic rings. The molecule has 1 unspecified atom stereocenters. The summed E-state index contributed by atoms with van der Waals surface area (Å²) in [7, 11) is -0.747.